The molecule has 0 aliphatic heterocycles. The summed E-state index contributed by atoms with van der Waals surface area (Å²) in [7, 11) is 0. The van der Waals surface area contributed by atoms with Gasteiger partial charge in [-0.2, -0.15) is 0 Å². The summed E-state index contributed by atoms with van der Waals surface area (Å²) in [4.78, 5) is 11.8. The van der Waals surface area contributed by atoms with Gasteiger partial charge < -0.3 is 10.1 Å². The van der Waals surface area contributed by atoms with Crippen molar-refractivity contribution in [3.8, 4) is 5.75 Å². The van der Waals surface area contributed by atoms with Crippen LogP contribution >= 0.6 is 15.9 Å². The zero-order valence-corrected chi connectivity index (χ0v) is 12.2. The maximum Gasteiger partial charge on any atom is 0.254 e. The molecule has 0 unspecified atom stereocenters. The van der Waals surface area contributed by atoms with Crippen molar-refractivity contribution in [3.05, 3.63) is 64.4 Å². The zero-order chi connectivity index (χ0) is 14.4. The van der Waals surface area contributed by atoms with E-state index in [-0.39, 0.29) is 5.56 Å². The van der Waals surface area contributed by atoms with Crippen molar-refractivity contribution in [1.82, 2.24) is 5.32 Å². The first kappa shape index (κ1) is 14.5. The number of ether oxygens (including phenoxy) is 1. The second-order valence-corrected chi connectivity index (χ2v) is 4.96. The van der Waals surface area contributed by atoms with Gasteiger partial charge in [0.2, 0.25) is 0 Å². The Bertz CT molecular complexity index is 590. The van der Waals surface area contributed by atoms with Crippen LogP contribution in [0.25, 0.3) is 0 Å². The van der Waals surface area contributed by atoms with Gasteiger partial charge in [0.1, 0.15) is 18.2 Å². The monoisotopic (exact) mass is 337 g/mol. The first-order valence-corrected chi connectivity index (χ1v) is 6.87. The Kier molecular flexibility index (Phi) is 5.12. The van der Waals surface area contributed by atoms with Crippen LogP contribution in [0.5, 0.6) is 5.75 Å². The summed E-state index contributed by atoms with van der Waals surface area (Å²) in [5, 5.41) is 2.61. The van der Waals surface area contributed by atoms with Gasteiger partial charge in [-0.3, -0.25) is 4.79 Å². The number of nitrogens with one attached hydrogen (secondary N) is 1. The Morgan fingerprint density at radius 3 is 2.65 bits per heavy atom. The van der Waals surface area contributed by atoms with Crippen LogP contribution < -0.4 is 10.1 Å². The van der Waals surface area contributed by atoms with Crippen molar-refractivity contribution in [1.29, 1.82) is 0 Å². The molecule has 3 nitrogen and oxygen atoms in total. The number of rotatable bonds is 5. The molecule has 20 heavy (non-hydrogen) atoms. The molecule has 0 saturated heterocycles. The maximum atomic E-state index is 13.6. The highest BCUT2D eigenvalue weighted by Crippen LogP contribution is 2.15. The lowest BCUT2D eigenvalue weighted by Gasteiger charge is -2.08. The predicted octanol–water partition coefficient (Wildman–Crippen LogP) is 3.40. The third kappa shape index (κ3) is 4.06. The SMILES string of the molecule is O=C(NCCOc1ccccc1)c1ccc(Br)cc1F. The van der Waals surface area contributed by atoms with E-state index in [1.807, 2.05) is 30.3 Å². The van der Waals surface area contributed by atoms with E-state index < -0.39 is 11.7 Å². The van der Waals surface area contributed by atoms with Crippen LogP contribution in [0.3, 0.4) is 0 Å². The van der Waals surface area contributed by atoms with E-state index in [4.69, 9.17) is 4.74 Å². The number of hydrogen-bond donors (Lipinski definition) is 1. The van der Waals surface area contributed by atoms with Gasteiger partial charge in [0.15, 0.2) is 0 Å². The number of hydrogen-bond acceptors (Lipinski definition) is 2. The topological polar surface area (TPSA) is 38.3 Å². The van der Waals surface area contributed by atoms with E-state index in [1.165, 1.54) is 12.1 Å². The number of benzene rings is 2. The molecule has 5 heteroatoms. The summed E-state index contributed by atoms with van der Waals surface area (Å²) in [6.45, 7) is 0.636. The van der Waals surface area contributed by atoms with Gasteiger partial charge in [0.05, 0.1) is 12.1 Å². The Morgan fingerprint density at radius 1 is 1.20 bits per heavy atom. The van der Waals surface area contributed by atoms with E-state index >= 15 is 0 Å². The lowest BCUT2D eigenvalue weighted by Crippen LogP contribution is -2.28. The molecule has 2 rings (SSSR count). The number of halogens is 2. The van der Waals surface area contributed by atoms with E-state index in [9.17, 15) is 9.18 Å². The summed E-state index contributed by atoms with van der Waals surface area (Å²) < 4.78 is 19.6. The molecule has 0 aliphatic carbocycles. The number of carbonyl (C=O) groups excluding carboxylic acids is 1. The third-order valence-corrected chi connectivity index (χ3v) is 3.07. The molecule has 0 heterocycles. The lowest BCUT2D eigenvalue weighted by molar-refractivity contribution is 0.0943. The third-order valence-electron chi connectivity index (χ3n) is 2.58. The fraction of sp³-hybridized carbons (Fsp3) is 0.133. The highest BCUT2D eigenvalue weighted by atomic mass is 79.9. The Labute approximate surface area is 124 Å². The van der Waals surface area contributed by atoms with Gasteiger partial charge in [0.25, 0.3) is 5.91 Å². The first-order valence-electron chi connectivity index (χ1n) is 6.08. The second kappa shape index (κ2) is 7.05. The van der Waals surface area contributed by atoms with Crippen molar-refractivity contribution < 1.29 is 13.9 Å². The summed E-state index contributed by atoms with van der Waals surface area (Å²) in [5.41, 5.74) is 0.0212. The smallest absolute Gasteiger partial charge is 0.254 e. The van der Waals surface area contributed by atoms with E-state index in [2.05, 4.69) is 21.2 Å². The minimum absolute atomic E-state index is 0.0212. The molecule has 2 aromatic rings. The van der Waals surface area contributed by atoms with Crippen LogP contribution in [0, 0.1) is 5.82 Å². The average molecular weight is 338 g/mol. The molecular weight excluding hydrogens is 325 g/mol. The molecule has 2 aromatic carbocycles. The summed E-state index contributed by atoms with van der Waals surface area (Å²) >= 11 is 3.14. The fourth-order valence-corrected chi connectivity index (χ4v) is 1.95. The lowest BCUT2D eigenvalue weighted by atomic mass is 10.2. The minimum Gasteiger partial charge on any atom is -0.492 e. The van der Waals surface area contributed by atoms with Gasteiger partial charge in [-0.05, 0) is 30.3 Å². The van der Waals surface area contributed by atoms with Crippen LogP contribution in [0.4, 0.5) is 4.39 Å². The molecule has 0 aromatic heterocycles. The molecule has 0 aliphatic rings. The number of para-hydroxylation sites is 1. The average Bonchev–Trinajstić information content (AvgIpc) is 2.44. The molecule has 1 N–H and O–H groups in total. The van der Waals surface area contributed by atoms with Gasteiger partial charge in [0, 0.05) is 4.47 Å². The molecule has 1 amide bonds. The summed E-state index contributed by atoms with van der Waals surface area (Å²) in [6.07, 6.45) is 0. The first-order chi connectivity index (χ1) is 9.66. The van der Waals surface area contributed by atoms with Crippen molar-refractivity contribution >= 4 is 21.8 Å². The van der Waals surface area contributed by atoms with Gasteiger partial charge >= 0.3 is 0 Å². The quantitative estimate of drug-likeness (QED) is 0.849. The van der Waals surface area contributed by atoms with Gasteiger partial charge in [-0.1, -0.05) is 34.1 Å². The van der Waals surface area contributed by atoms with Crippen molar-refractivity contribution in [3.63, 3.8) is 0 Å². The van der Waals surface area contributed by atoms with Gasteiger partial charge in [-0.15, -0.1) is 0 Å². The van der Waals surface area contributed by atoms with E-state index in [1.54, 1.807) is 6.07 Å². The number of carbonyl (C=O) groups is 1. The van der Waals surface area contributed by atoms with Crippen LogP contribution in [0.2, 0.25) is 0 Å². The fourth-order valence-electron chi connectivity index (χ4n) is 1.62. The van der Waals surface area contributed by atoms with Crippen molar-refractivity contribution in [2.45, 2.75) is 0 Å². The zero-order valence-electron chi connectivity index (χ0n) is 10.6. The predicted molar refractivity (Wildman–Crippen MR) is 78.4 cm³/mol. The molecule has 0 spiro atoms. The normalized spacial score (nSPS) is 10.1. The molecule has 0 radical (unpaired) electrons. The second-order valence-electron chi connectivity index (χ2n) is 4.04. The van der Waals surface area contributed by atoms with Crippen LogP contribution in [-0.2, 0) is 0 Å². The van der Waals surface area contributed by atoms with Crippen LogP contribution in [0.1, 0.15) is 10.4 Å². The Hall–Kier alpha value is -1.88. The van der Waals surface area contributed by atoms with Crippen molar-refractivity contribution in [2.75, 3.05) is 13.2 Å². The number of amides is 1. The van der Waals surface area contributed by atoms with Crippen molar-refractivity contribution in [2.24, 2.45) is 0 Å². The summed E-state index contributed by atoms with van der Waals surface area (Å²) in [5.74, 6) is -0.274. The largest absolute Gasteiger partial charge is 0.492 e. The Morgan fingerprint density at radius 2 is 1.95 bits per heavy atom. The minimum atomic E-state index is -0.555. The van der Waals surface area contributed by atoms with Crippen LogP contribution in [0.15, 0.2) is 53.0 Å². The molecule has 0 bridgehead atoms. The van der Waals surface area contributed by atoms with Gasteiger partial charge in [-0.25, -0.2) is 4.39 Å². The molecule has 104 valence electrons. The highest BCUT2D eigenvalue weighted by molar-refractivity contribution is 9.10. The molecule has 0 fully saturated rings. The summed E-state index contributed by atoms with van der Waals surface area (Å²) in [6, 6.07) is 13.6. The maximum absolute atomic E-state index is 13.6. The van der Waals surface area contributed by atoms with E-state index in [0.717, 1.165) is 5.75 Å². The molecular formula is C15H13BrFNO2. The molecule has 0 saturated carbocycles. The van der Waals surface area contributed by atoms with Crippen LogP contribution in [-0.4, -0.2) is 19.1 Å². The standard InChI is InChI=1S/C15H13BrFNO2/c16-11-6-7-13(14(17)10-11)15(19)18-8-9-20-12-4-2-1-3-5-12/h1-7,10H,8-9H2,(H,18,19). The van der Waals surface area contributed by atoms with E-state index in [0.29, 0.717) is 17.6 Å². The highest BCUT2D eigenvalue weighted by Gasteiger charge is 2.11. The Balaban J connectivity index is 1.80. The molecule has 0 atom stereocenters.